The molecule has 0 fully saturated rings. The van der Waals surface area contributed by atoms with Crippen LogP contribution >= 0.6 is 0 Å². The van der Waals surface area contributed by atoms with E-state index in [1.165, 1.54) is 11.3 Å². The van der Waals surface area contributed by atoms with Gasteiger partial charge in [0.25, 0.3) is 0 Å². The summed E-state index contributed by atoms with van der Waals surface area (Å²) in [6.45, 7) is 2.95. The van der Waals surface area contributed by atoms with E-state index in [2.05, 4.69) is 41.4 Å². The highest BCUT2D eigenvalue weighted by Gasteiger charge is 2.06. The minimum absolute atomic E-state index is 0.230. The number of nitrogens with zero attached hydrogens (tertiary/aromatic N) is 1. The third-order valence-corrected chi connectivity index (χ3v) is 3.04. The Morgan fingerprint density at radius 2 is 1.89 bits per heavy atom. The first kappa shape index (κ1) is 12.7. The summed E-state index contributed by atoms with van der Waals surface area (Å²) in [4.78, 5) is 2.10. The van der Waals surface area contributed by atoms with Gasteiger partial charge in [-0.1, -0.05) is 12.1 Å². The number of hydrogen-bond acceptors (Lipinski definition) is 3. The van der Waals surface area contributed by atoms with Crippen LogP contribution in [0.25, 0.3) is 0 Å². The van der Waals surface area contributed by atoms with E-state index in [4.69, 9.17) is 4.42 Å². The molecule has 1 heterocycles. The van der Waals surface area contributed by atoms with E-state index in [-0.39, 0.29) is 6.04 Å². The molecule has 0 aliphatic heterocycles. The van der Waals surface area contributed by atoms with Crippen LogP contribution < -0.4 is 10.2 Å². The van der Waals surface area contributed by atoms with Crippen molar-refractivity contribution in [3.63, 3.8) is 0 Å². The Labute approximate surface area is 108 Å². The van der Waals surface area contributed by atoms with Gasteiger partial charge in [-0.05, 0) is 36.8 Å². The molecule has 0 radical (unpaired) electrons. The van der Waals surface area contributed by atoms with Crippen molar-refractivity contribution in [3.05, 3.63) is 54.0 Å². The minimum atomic E-state index is 0.230. The van der Waals surface area contributed by atoms with Crippen LogP contribution in [0.1, 0.15) is 24.3 Å². The monoisotopic (exact) mass is 244 g/mol. The van der Waals surface area contributed by atoms with Gasteiger partial charge in [0.1, 0.15) is 5.76 Å². The van der Waals surface area contributed by atoms with E-state index >= 15 is 0 Å². The maximum absolute atomic E-state index is 5.37. The molecule has 1 aromatic carbocycles. The van der Waals surface area contributed by atoms with Crippen molar-refractivity contribution in [3.8, 4) is 0 Å². The Hall–Kier alpha value is -1.74. The predicted molar refractivity (Wildman–Crippen MR) is 74.7 cm³/mol. The second-order valence-corrected chi connectivity index (χ2v) is 4.68. The molecule has 0 aliphatic rings. The SMILES string of the molecule is CC(NCc1ccc(N(C)C)cc1)c1ccco1. The topological polar surface area (TPSA) is 28.4 Å². The van der Waals surface area contributed by atoms with Crippen LogP contribution in [0.2, 0.25) is 0 Å². The molecule has 3 nitrogen and oxygen atoms in total. The highest BCUT2D eigenvalue weighted by molar-refractivity contribution is 5.45. The quantitative estimate of drug-likeness (QED) is 0.875. The summed E-state index contributed by atoms with van der Waals surface area (Å²) in [6.07, 6.45) is 1.71. The van der Waals surface area contributed by atoms with Crippen molar-refractivity contribution in [2.75, 3.05) is 19.0 Å². The number of benzene rings is 1. The van der Waals surface area contributed by atoms with Gasteiger partial charge < -0.3 is 14.6 Å². The Bertz CT molecular complexity index is 460. The van der Waals surface area contributed by atoms with Crippen molar-refractivity contribution in [1.29, 1.82) is 0 Å². The van der Waals surface area contributed by atoms with Crippen LogP contribution in [-0.4, -0.2) is 14.1 Å². The molecule has 1 unspecified atom stereocenters. The van der Waals surface area contributed by atoms with Crippen LogP contribution in [0, 0.1) is 0 Å². The molecule has 0 amide bonds. The Morgan fingerprint density at radius 3 is 2.44 bits per heavy atom. The van der Waals surface area contributed by atoms with Crippen molar-refractivity contribution >= 4 is 5.69 Å². The third kappa shape index (κ3) is 3.14. The molecule has 3 heteroatoms. The zero-order valence-electron chi connectivity index (χ0n) is 11.2. The minimum Gasteiger partial charge on any atom is -0.468 e. The van der Waals surface area contributed by atoms with Crippen molar-refractivity contribution in [1.82, 2.24) is 5.32 Å². The normalized spacial score (nSPS) is 12.4. The van der Waals surface area contributed by atoms with Crippen LogP contribution in [0.15, 0.2) is 47.1 Å². The average molecular weight is 244 g/mol. The summed E-state index contributed by atoms with van der Waals surface area (Å²) < 4.78 is 5.37. The smallest absolute Gasteiger partial charge is 0.120 e. The molecule has 1 N–H and O–H groups in total. The molecular weight excluding hydrogens is 224 g/mol. The first-order chi connectivity index (χ1) is 8.66. The molecule has 0 saturated carbocycles. The van der Waals surface area contributed by atoms with Gasteiger partial charge in [-0.15, -0.1) is 0 Å². The third-order valence-electron chi connectivity index (χ3n) is 3.04. The number of nitrogens with one attached hydrogen (secondary N) is 1. The van der Waals surface area contributed by atoms with E-state index in [1.807, 2.05) is 26.2 Å². The molecule has 0 saturated heterocycles. The van der Waals surface area contributed by atoms with E-state index in [0.29, 0.717) is 0 Å². The molecule has 1 aromatic heterocycles. The number of anilines is 1. The van der Waals surface area contributed by atoms with Gasteiger partial charge in [-0.2, -0.15) is 0 Å². The van der Waals surface area contributed by atoms with Crippen molar-refractivity contribution in [2.45, 2.75) is 19.5 Å². The Morgan fingerprint density at radius 1 is 1.17 bits per heavy atom. The highest BCUT2D eigenvalue weighted by atomic mass is 16.3. The molecule has 18 heavy (non-hydrogen) atoms. The fourth-order valence-electron chi connectivity index (χ4n) is 1.82. The first-order valence-corrected chi connectivity index (χ1v) is 6.20. The van der Waals surface area contributed by atoms with Crippen LogP contribution in [0.4, 0.5) is 5.69 Å². The van der Waals surface area contributed by atoms with Gasteiger partial charge in [-0.25, -0.2) is 0 Å². The van der Waals surface area contributed by atoms with Gasteiger partial charge in [0.2, 0.25) is 0 Å². The van der Waals surface area contributed by atoms with E-state index in [0.717, 1.165) is 12.3 Å². The van der Waals surface area contributed by atoms with Crippen LogP contribution in [-0.2, 0) is 6.54 Å². The predicted octanol–water partition coefficient (Wildman–Crippen LogP) is 3.20. The van der Waals surface area contributed by atoms with E-state index < -0.39 is 0 Å². The molecule has 1 atom stereocenters. The van der Waals surface area contributed by atoms with Gasteiger partial charge >= 0.3 is 0 Å². The molecule has 0 spiro atoms. The molecular formula is C15H20N2O. The van der Waals surface area contributed by atoms with Crippen molar-refractivity contribution in [2.24, 2.45) is 0 Å². The zero-order chi connectivity index (χ0) is 13.0. The average Bonchev–Trinajstić information content (AvgIpc) is 2.90. The number of furan rings is 1. The fraction of sp³-hybridized carbons (Fsp3) is 0.333. The van der Waals surface area contributed by atoms with Crippen LogP contribution in [0.5, 0.6) is 0 Å². The molecule has 0 aliphatic carbocycles. The van der Waals surface area contributed by atoms with Gasteiger partial charge in [-0.3, -0.25) is 0 Å². The zero-order valence-corrected chi connectivity index (χ0v) is 11.2. The largest absolute Gasteiger partial charge is 0.468 e. The molecule has 2 aromatic rings. The van der Waals surface area contributed by atoms with Crippen LogP contribution in [0.3, 0.4) is 0 Å². The lowest BCUT2D eigenvalue weighted by Crippen LogP contribution is -2.17. The molecule has 2 rings (SSSR count). The maximum atomic E-state index is 5.37. The Balaban J connectivity index is 1.90. The van der Waals surface area contributed by atoms with Gasteiger partial charge in [0.15, 0.2) is 0 Å². The summed E-state index contributed by atoms with van der Waals surface area (Å²) in [7, 11) is 4.10. The molecule has 0 bridgehead atoms. The van der Waals surface area contributed by atoms with E-state index in [1.54, 1.807) is 6.26 Å². The summed E-state index contributed by atoms with van der Waals surface area (Å²) in [5.74, 6) is 0.972. The lowest BCUT2D eigenvalue weighted by molar-refractivity contribution is 0.430. The second-order valence-electron chi connectivity index (χ2n) is 4.68. The second kappa shape index (κ2) is 5.74. The number of rotatable bonds is 5. The summed E-state index contributed by atoms with van der Waals surface area (Å²) >= 11 is 0. The summed E-state index contributed by atoms with van der Waals surface area (Å²) in [6, 6.07) is 12.7. The summed E-state index contributed by atoms with van der Waals surface area (Å²) in [5, 5.41) is 3.44. The Kier molecular flexibility index (Phi) is 4.05. The van der Waals surface area contributed by atoms with Gasteiger partial charge in [0.05, 0.1) is 12.3 Å². The fourth-order valence-corrected chi connectivity index (χ4v) is 1.82. The van der Waals surface area contributed by atoms with E-state index in [9.17, 15) is 0 Å². The highest BCUT2D eigenvalue weighted by Crippen LogP contribution is 2.15. The van der Waals surface area contributed by atoms with Crippen molar-refractivity contribution < 1.29 is 4.42 Å². The first-order valence-electron chi connectivity index (χ1n) is 6.20. The van der Waals surface area contributed by atoms with Gasteiger partial charge in [0, 0.05) is 26.3 Å². The molecule has 96 valence electrons. The number of hydrogen-bond donors (Lipinski definition) is 1. The lowest BCUT2D eigenvalue weighted by atomic mass is 10.2. The maximum Gasteiger partial charge on any atom is 0.120 e. The standard InChI is InChI=1S/C15H20N2O/c1-12(15-5-4-10-18-15)16-11-13-6-8-14(9-7-13)17(2)3/h4-10,12,16H,11H2,1-3H3. The summed E-state index contributed by atoms with van der Waals surface area (Å²) in [5.41, 5.74) is 2.50. The lowest BCUT2D eigenvalue weighted by Gasteiger charge is -2.14.